The molecule has 2 N–H and O–H groups in total. The summed E-state index contributed by atoms with van der Waals surface area (Å²) >= 11 is 0. The zero-order chi connectivity index (χ0) is 17.5. The van der Waals surface area contributed by atoms with E-state index in [1.807, 2.05) is 47.4 Å². The number of carbonyl (C=O) groups excluding carboxylic acids is 1. The Kier molecular flexibility index (Phi) is 6.07. The van der Waals surface area contributed by atoms with Gasteiger partial charge in [0.15, 0.2) is 0 Å². The molecule has 2 aromatic carbocycles. The van der Waals surface area contributed by atoms with E-state index in [4.69, 9.17) is 0 Å². The molecule has 1 aliphatic rings. The Morgan fingerprint density at radius 1 is 1.16 bits per heavy atom. The van der Waals surface area contributed by atoms with Crippen molar-refractivity contribution in [2.24, 2.45) is 5.92 Å². The molecule has 2 aromatic rings. The lowest BCUT2D eigenvalue weighted by atomic mass is 9.98. The highest BCUT2D eigenvalue weighted by Crippen LogP contribution is 2.19. The van der Waals surface area contributed by atoms with Gasteiger partial charge in [-0.2, -0.15) is 0 Å². The molecule has 1 saturated heterocycles. The van der Waals surface area contributed by atoms with Gasteiger partial charge in [-0.3, -0.25) is 4.79 Å². The number of piperidine rings is 1. The van der Waals surface area contributed by atoms with E-state index in [0.29, 0.717) is 12.1 Å². The molecule has 0 aliphatic carbocycles. The van der Waals surface area contributed by atoms with Crippen LogP contribution in [0.5, 0.6) is 0 Å². The largest absolute Gasteiger partial charge is 0.396 e. The number of rotatable bonds is 6. The minimum atomic E-state index is 0.0601. The standard InChI is InChI=1S/C21H26N2O2/c24-16-18-8-5-13-23(15-18)21(25)19-9-4-10-20(14-19)22-12-11-17-6-2-1-3-7-17/h1-4,6-7,9-10,14,18,22,24H,5,8,11-13,15-16H2. The summed E-state index contributed by atoms with van der Waals surface area (Å²) in [5, 5.41) is 12.7. The first-order valence-electron chi connectivity index (χ1n) is 9.04. The second-order valence-corrected chi connectivity index (χ2v) is 6.69. The number of hydrogen-bond donors (Lipinski definition) is 2. The van der Waals surface area contributed by atoms with Crippen molar-refractivity contribution in [2.75, 3.05) is 31.6 Å². The molecule has 0 radical (unpaired) electrons. The van der Waals surface area contributed by atoms with Crippen LogP contribution in [0.25, 0.3) is 0 Å². The second-order valence-electron chi connectivity index (χ2n) is 6.69. The first-order chi connectivity index (χ1) is 12.3. The van der Waals surface area contributed by atoms with Gasteiger partial charge in [-0.15, -0.1) is 0 Å². The van der Waals surface area contributed by atoms with E-state index in [-0.39, 0.29) is 18.4 Å². The maximum atomic E-state index is 12.7. The van der Waals surface area contributed by atoms with Crippen LogP contribution in [0.3, 0.4) is 0 Å². The summed E-state index contributed by atoms with van der Waals surface area (Å²) in [4.78, 5) is 14.6. The quantitative estimate of drug-likeness (QED) is 0.850. The van der Waals surface area contributed by atoms with Crippen molar-refractivity contribution in [3.63, 3.8) is 0 Å². The number of hydrogen-bond acceptors (Lipinski definition) is 3. The van der Waals surface area contributed by atoms with Gasteiger partial charge in [0.1, 0.15) is 0 Å². The molecule has 1 aliphatic heterocycles. The predicted octanol–water partition coefficient (Wildman–Crippen LogP) is 3.19. The van der Waals surface area contributed by atoms with E-state index < -0.39 is 0 Å². The summed E-state index contributed by atoms with van der Waals surface area (Å²) in [5.74, 6) is 0.273. The topological polar surface area (TPSA) is 52.6 Å². The first kappa shape index (κ1) is 17.5. The van der Waals surface area contributed by atoms with Crippen molar-refractivity contribution in [1.29, 1.82) is 0 Å². The van der Waals surface area contributed by atoms with E-state index in [1.165, 1.54) is 5.56 Å². The van der Waals surface area contributed by atoms with Gasteiger partial charge in [-0.05, 0) is 48.9 Å². The highest BCUT2D eigenvalue weighted by molar-refractivity contribution is 5.95. The fourth-order valence-electron chi connectivity index (χ4n) is 3.34. The van der Waals surface area contributed by atoms with Crippen LogP contribution in [0, 0.1) is 5.92 Å². The van der Waals surface area contributed by atoms with Crippen LogP contribution in [0.4, 0.5) is 5.69 Å². The van der Waals surface area contributed by atoms with Crippen molar-refractivity contribution < 1.29 is 9.90 Å². The Balaban J connectivity index is 1.58. The van der Waals surface area contributed by atoms with Gasteiger partial charge in [-0.25, -0.2) is 0 Å². The fourth-order valence-corrected chi connectivity index (χ4v) is 3.34. The van der Waals surface area contributed by atoms with Gasteiger partial charge in [-0.1, -0.05) is 36.4 Å². The Bertz CT molecular complexity index is 687. The number of aliphatic hydroxyl groups is 1. The van der Waals surface area contributed by atoms with Crippen LogP contribution >= 0.6 is 0 Å². The van der Waals surface area contributed by atoms with Gasteiger partial charge in [0, 0.05) is 37.5 Å². The SMILES string of the molecule is O=C(c1cccc(NCCc2ccccc2)c1)N1CCCC(CO)C1. The molecule has 1 atom stereocenters. The maximum absolute atomic E-state index is 12.7. The van der Waals surface area contributed by atoms with Crippen LogP contribution in [-0.2, 0) is 6.42 Å². The molecule has 1 fully saturated rings. The van der Waals surface area contributed by atoms with Crippen LogP contribution < -0.4 is 5.32 Å². The van der Waals surface area contributed by atoms with Crippen LogP contribution in [-0.4, -0.2) is 42.2 Å². The summed E-state index contributed by atoms with van der Waals surface area (Å²) in [6.45, 7) is 2.42. The Labute approximate surface area is 149 Å². The van der Waals surface area contributed by atoms with Gasteiger partial charge < -0.3 is 15.3 Å². The molecule has 1 heterocycles. The maximum Gasteiger partial charge on any atom is 0.253 e. The van der Waals surface area contributed by atoms with Gasteiger partial charge >= 0.3 is 0 Å². The number of nitrogens with zero attached hydrogens (tertiary/aromatic N) is 1. The zero-order valence-electron chi connectivity index (χ0n) is 14.5. The van der Waals surface area contributed by atoms with Crippen molar-refractivity contribution >= 4 is 11.6 Å². The first-order valence-corrected chi connectivity index (χ1v) is 9.04. The molecular weight excluding hydrogens is 312 g/mol. The number of nitrogens with one attached hydrogen (secondary N) is 1. The lowest BCUT2D eigenvalue weighted by Crippen LogP contribution is -2.40. The molecular formula is C21H26N2O2. The number of likely N-dealkylation sites (tertiary alicyclic amines) is 1. The highest BCUT2D eigenvalue weighted by atomic mass is 16.3. The zero-order valence-corrected chi connectivity index (χ0v) is 14.5. The van der Waals surface area contributed by atoms with Gasteiger partial charge in [0.05, 0.1) is 0 Å². The molecule has 25 heavy (non-hydrogen) atoms. The molecule has 0 aromatic heterocycles. The lowest BCUT2D eigenvalue weighted by Gasteiger charge is -2.32. The van der Waals surface area contributed by atoms with Crippen LogP contribution in [0.1, 0.15) is 28.8 Å². The second kappa shape index (κ2) is 8.67. The smallest absolute Gasteiger partial charge is 0.253 e. The summed E-state index contributed by atoms with van der Waals surface area (Å²) in [7, 11) is 0. The fraction of sp³-hybridized carbons (Fsp3) is 0.381. The minimum Gasteiger partial charge on any atom is -0.396 e. The lowest BCUT2D eigenvalue weighted by molar-refractivity contribution is 0.0621. The normalized spacial score (nSPS) is 17.3. The molecule has 132 valence electrons. The molecule has 3 rings (SSSR count). The Morgan fingerprint density at radius 2 is 2.00 bits per heavy atom. The average Bonchev–Trinajstić information content (AvgIpc) is 2.68. The van der Waals surface area contributed by atoms with Gasteiger partial charge in [0.25, 0.3) is 5.91 Å². The minimum absolute atomic E-state index is 0.0601. The number of amides is 1. The molecule has 1 unspecified atom stereocenters. The van der Waals surface area contributed by atoms with E-state index in [9.17, 15) is 9.90 Å². The van der Waals surface area contributed by atoms with E-state index >= 15 is 0 Å². The summed E-state index contributed by atoms with van der Waals surface area (Å²) in [6.07, 6.45) is 2.91. The monoisotopic (exact) mass is 338 g/mol. The average molecular weight is 338 g/mol. The highest BCUT2D eigenvalue weighted by Gasteiger charge is 2.24. The molecule has 0 saturated carbocycles. The third-order valence-electron chi connectivity index (χ3n) is 4.76. The van der Waals surface area contributed by atoms with E-state index in [1.54, 1.807) is 0 Å². The van der Waals surface area contributed by atoms with Crippen molar-refractivity contribution in [3.8, 4) is 0 Å². The Hall–Kier alpha value is -2.33. The Morgan fingerprint density at radius 3 is 2.80 bits per heavy atom. The van der Waals surface area contributed by atoms with Crippen LogP contribution in [0.15, 0.2) is 54.6 Å². The molecule has 4 heteroatoms. The van der Waals surface area contributed by atoms with Gasteiger partial charge in [0.2, 0.25) is 0 Å². The third-order valence-corrected chi connectivity index (χ3v) is 4.76. The van der Waals surface area contributed by atoms with Crippen molar-refractivity contribution in [3.05, 3.63) is 65.7 Å². The molecule has 0 bridgehead atoms. The molecule has 0 spiro atoms. The van der Waals surface area contributed by atoms with Crippen molar-refractivity contribution in [1.82, 2.24) is 4.90 Å². The molecule has 1 amide bonds. The summed E-state index contributed by atoms with van der Waals surface area (Å²) in [5.41, 5.74) is 2.98. The van der Waals surface area contributed by atoms with E-state index in [0.717, 1.165) is 38.0 Å². The number of benzene rings is 2. The summed E-state index contributed by atoms with van der Waals surface area (Å²) in [6, 6.07) is 18.1. The van der Waals surface area contributed by atoms with Crippen molar-refractivity contribution in [2.45, 2.75) is 19.3 Å². The predicted molar refractivity (Wildman–Crippen MR) is 101 cm³/mol. The summed E-state index contributed by atoms with van der Waals surface area (Å²) < 4.78 is 0. The third kappa shape index (κ3) is 4.83. The number of anilines is 1. The number of aliphatic hydroxyl groups excluding tert-OH is 1. The molecule has 4 nitrogen and oxygen atoms in total. The van der Waals surface area contributed by atoms with E-state index in [2.05, 4.69) is 17.4 Å². The van der Waals surface area contributed by atoms with Crippen LogP contribution in [0.2, 0.25) is 0 Å². The number of carbonyl (C=O) groups is 1.